The summed E-state index contributed by atoms with van der Waals surface area (Å²) in [5, 5.41) is 13.7. The first-order valence-electron chi connectivity index (χ1n) is 18.1. The van der Waals surface area contributed by atoms with E-state index in [0.29, 0.717) is 35.6 Å². The van der Waals surface area contributed by atoms with Crippen LogP contribution in [0.3, 0.4) is 0 Å². The number of amides is 1. The maximum absolute atomic E-state index is 13.1. The number of carbonyl (C=O) groups excluding carboxylic acids is 1. The maximum Gasteiger partial charge on any atom is 0.274 e. The highest BCUT2D eigenvalue weighted by atomic mass is 16.7. The van der Waals surface area contributed by atoms with Crippen molar-refractivity contribution in [1.82, 2.24) is 9.96 Å². The number of morpholine rings is 1. The lowest BCUT2D eigenvalue weighted by atomic mass is 9.41. The summed E-state index contributed by atoms with van der Waals surface area (Å²) in [7, 11) is 3.16. The molecule has 0 radical (unpaired) electrons. The standard InChI is InChI=1S/C36H58N2O7/c1-21-16-23(31(40)37(6)41-7)44-29-28(21)33(4)12-13-36-20-35(36)11-10-26(45-27-17-38(14-15-43-27)22-18-42-19-22)32(2,3)24(35)8-9-25(36)34(33,5)30(29)39/h21-30,39H,8-20H2,1-7H3/t21-,23?,24+,25+,26+,27+,28?,29?,30+,33-,34-,35-,36?/m1/s1. The van der Waals surface area contributed by atoms with Crippen molar-refractivity contribution < 1.29 is 33.7 Å². The fourth-order valence-corrected chi connectivity index (χ4v) is 13.6. The Hall–Kier alpha value is -0.810. The molecule has 45 heavy (non-hydrogen) atoms. The van der Waals surface area contributed by atoms with Crippen molar-refractivity contribution >= 4 is 5.91 Å². The number of carbonyl (C=O) groups is 1. The molecular weight excluding hydrogens is 572 g/mol. The first-order valence-corrected chi connectivity index (χ1v) is 18.1. The summed E-state index contributed by atoms with van der Waals surface area (Å²) in [6.07, 6.45) is 7.61. The van der Waals surface area contributed by atoms with Gasteiger partial charge in [0.2, 0.25) is 0 Å². The van der Waals surface area contributed by atoms with Gasteiger partial charge in [-0.3, -0.25) is 14.5 Å². The summed E-state index contributed by atoms with van der Waals surface area (Å²) in [5.41, 5.74) is 0.441. The largest absolute Gasteiger partial charge is 0.390 e. The van der Waals surface area contributed by atoms with E-state index in [4.69, 9.17) is 23.8 Å². The van der Waals surface area contributed by atoms with Gasteiger partial charge in [-0.15, -0.1) is 0 Å². The molecule has 5 saturated carbocycles. The van der Waals surface area contributed by atoms with Crippen molar-refractivity contribution in [3.8, 4) is 0 Å². The Morgan fingerprint density at radius 1 is 1.02 bits per heavy atom. The van der Waals surface area contributed by atoms with Crippen molar-refractivity contribution in [3.05, 3.63) is 0 Å². The lowest BCUT2D eigenvalue weighted by Crippen LogP contribution is -2.60. The molecule has 0 aromatic rings. The number of hydrogen-bond donors (Lipinski definition) is 1. The van der Waals surface area contributed by atoms with Gasteiger partial charge in [-0.05, 0) is 96.7 Å². The molecule has 8 rings (SSSR count). The van der Waals surface area contributed by atoms with E-state index in [1.165, 1.54) is 37.9 Å². The van der Waals surface area contributed by atoms with Gasteiger partial charge < -0.3 is 24.1 Å². The summed E-state index contributed by atoms with van der Waals surface area (Å²) < 4.78 is 25.2. The molecule has 13 atom stereocenters. The van der Waals surface area contributed by atoms with E-state index in [9.17, 15) is 9.90 Å². The van der Waals surface area contributed by atoms with Crippen LogP contribution in [0.5, 0.6) is 0 Å². The van der Waals surface area contributed by atoms with Crippen molar-refractivity contribution in [2.45, 2.75) is 123 Å². The van der Waals surface area contributed by atoms with E-state index in [0.717, 1.165) is 52.2 Å². The van der Waals surface area contributed by atoms with E-state index >= 15 is 0 Å². The molecule has 9 heteroatoms. The van der Waals surface area contributed by atoms with Gasteiger partial charge in [0, 0.05) is 19.0 Å². The molecule has 2 spiro atoms. The molecule has 1 N–H and O–H groups in total. The lowest BCUT2D eigenvalue weighted by Gasteiger charge is -2.64. The van der Waals surface area contributed by atoms with Gasteiger partial charge in [-0.25, -0.2) is 5.06 Å². The summed E-state index contributed by atoms with van der Waals surface area (Å²) in [5.74, 6) is 1.49. The van der Waals surface area contributed by atoms with E-state index in [1.807, 2.05) is 0 Å². The topological polar surface area (TPSA) is 89.9 Å². The second-order valence-electron chi connectivity index (χ2n) is 17.6. The predicted octanol–water partition coefficient (Wildman–Crippen LogP) is 4.26. The minimum absolute atomic E-state index is 0.0181. The minimum atomic E-state index is -0.574. The summed E-state index contributed by atoms with van der Waals surface area (Å²) in [4.78, 5) is 20.8. The molecule has 0 aromatic heterocycles. The van der Waals surface area contributed by atoms with Crippen molar-refractivity contribution in [3.63, 3.8) is 0 Å². The number of hydroxylamine groups is 2. The molecule has 5 aliphatic carbocycles. The van der Waals surface area contributed by atoms with Crippen LogP contribution in [0.15, 0.2) is 0 Å². The number of ether oxygens (including phenoxy) is 4. The van der Waals surface area contributed by atoms with Crippen molar-refractivity contribution in [1.29, 1.82) is 0 Å². The fourth-order valence-electron chi connectivity index (χ4n) is 13.6. The number of likely N-dealkylation sites (N-methyl/N-ethyl adjacent to an activating group) is 1. The Morgan fingerprint density at radius 2 is 1.76 bits per heavy atom. The third kappa shape index (κ3) is 4.01. The van der Waals surface area contributed by atoms with Crippen molar-refractivity contribution in [2.24, 2.45) is 50.7 Å². The molecule has 1 amide bonds. The molecule has 8 aliphatic rings. The van der Waals surface area contributed by atoms with Crippen LogP contribution >= 0.6 is 0 Å². The van der Waals surface area contributed by atoms with Crippen LogP contribution in [0, 0.1) is 50.7 Å². The lowest BCUT2D eigenvalue weighted by molar-refractivity contribution is -0.256. The van der Waals surface area contributed by atoms with E-state index in [-0.39, 0.29) is 52.0 Å². The SMILES string of the molecule is CON(C)C(=O)C1C[C@@H](C)C2C(O1)[C@H](O)[C@@]1(C)[C@@H]3CC[C@H]4C(C)(C)[C@@H](O[C@H]5CN(C6COC6)CCO5)CC[C@@]45CC35CC[C@]21C. The van der Waals surface area contributed by atoms with Gasteiger partial charge in [0.25, 0.3) is 5.91 Å². The Balaban J connectivity index is 1.03. The van der Waals surface area contributed by atoms with Crippen LogP contribution in [0.1, 0.15) is 86.0 Å². The zero-order valence-corrected chi connectivity index (χ0v) is 28.8. The molecule has 4 unspecified atom stereocenters. The second kappa shape index (κ2) is 10.3. The molecule has 0 bridgehead atoms. The van der Waals surface area contributed by atoms with Crippen LogP contribution in [0.25, 0.3) is 0 Å². The average Bonchev–Trinajstić information content (AvgIpc) is 3.62. The van der Waals surface area contributed by atoms with Gasteiger partial charge in [-0.2, -0.15) is 0 Å². The second-order valence-corrected chi connectivity index (χ2v) is 17.6. The van der Waals surface area contributed by atoms with Crippen LogP contribution in [-0.4, -0.2) is 105 Å². The third-order valence-corrected chi connectivity index (χ3v) is 16.1. The minimum Gasteiger partial charge on any atom is -0.390 e. The Labute approximate surface area is 269 Å². The smallest absolute Gasteiger partial charge is 0.274 e. The summed E-state index contributed by atoms with van der Waals surface area (Å²) in [6.45, 7) is 16.3. The Kier molecular flexibility index (Phi) is 7.23. The van der Waals surface area contributed by atoms with Gasteiger partial charge >= 0.3 is 0 Å². The van der Waals surface area contributed by atoms with Gasteiger partial charge in [0.1, 0.15) is 6.10 Å². The number of rotatable bonds is 5. The van der Waals surface area contributed by atoms with Crippen LogP contribution in [0.2, 0.25) is 0 Å². The Bertz CT molecular complexity index is 1200. The number of nitrogens with zero attached hydrogens (tertiary/aromatic N) is 2. The molecule has 254 valence electrons. The van der Waals surface area contributed by atoms with Crippen LogP contribution < -0.4 is 0 Å². The monoisotopic (exact) mass is 630 g/mol. The number of fused-ring (bicyclic) bond motifs is 4. The normalized spacial score (nSPS) is 53.6. The van der Waals surface area contributed by atoms with E-state index in [2.05, 4.69) is 39.5 Å². The highest BCUT2D eigenvalue weighted by Gasteiger charge is 2.84. The highest BCUT2D eigenvalue weighted by molar-refractivity contribution is 5.79. The van der Waals surface area contributed by atoms with E-state index in [1.54, 1.807) is 7.05 Å². The third-order valence-electron chi connectivity index (χ3n) is 16.1. The fraction of sp³-hybridized carbons (Fsp3) is 0.972. The molecule has 8 fully saturated rings. The summed E-state index contributed by atoms with van der Waals surface area (Å²) in [6, 6.07) is 0.517. The Morgan fingerprint density at radius 3 is 2.47 bits per heavy atom. The molecule has 3 aliphatic heterocycles. The molecular formula is C36H58N2O7. The van der Waals surface area contributed by atoms with Gasteiger partial charge in [-0.1, -0.05) is 34.6 Å². The number of aliphatic hydroxyl groups excluding tert-OH is 1. The van der Waals surface area contributed by atoms with E-state index < -0.39 is 12.2 Å². The molecule has 0 aromatic carbocycles. The average molecular weight is 631 g/mol. The van der Waals surface area contributed by atoms with Gasteiger partial charge in [0.05, 0.1) is 57.8 Å². The molecule has 9 nitrogen and oxygen atoms in total. The van der Waals surface area contributed by atoms with Gasteiger partial charge in [0.15, 0.2) is 6.29 Å². The zero-order chi connectivity index (χ0) is 31.7. The number of hydrogen-bond acceptors (Lipinski definition) is 8. The van der Waals surface area contributed by atoms with Crippen LogP contribution in [0.4, 0.5) is 0 Å². The van der Waals surface area contributed by atoms with Crippen molar-refractivity contribution in [2.75, 3.05) is 47.1 Å². The number of aliphatic hydroxyl groups is 1. The first kappa shape index (κ1) is 31.5. The van der Waals surface area contributed by atoms with Crippen LogP contribution in [-0.2, 0) is 28.6 Å². The quantitative estimate of drug-likeness (QED) is 0.451. The maximum atomic E-state index is 13.1. The molecule has 3 heterocycles. The zero-order valence-electron chi connectivity index (χ0n) is 28.8. The molecule has 3 saturated heterocycles. The predicted molar refractivity (Wildman–Crippen MR) is 167 cm³/mol. The summed E-state index contributed by atoms with van der Waals surface area (Å²) >= 11 is 0. The first-order chi connectivity index (χ1) is 21.3. The highest BCUT2D eigenvalue weighted by Crippen LogP contribution is 2.89.